The van der Waals surface area contributed by atoms with Gasteiger partial charge in [-0.15, -0.1) is 0 Å². The standard InChI is InChI=1S/C10H9ClN2O2/c1-2-14-8-6-4-3-5-7(8)9-12-10(11)15-13-9/h3-6H,2H2,1H3. The van der Waals surface area contributed by atoms with Crippen molar-refractivity contribution in [1.29, 1.82) is 0 Å². The average Bonchev–Trinajstić information content (AvgIpc) is 2.66. The van der Waals surface area contributed by atoms with Crippen molar-refractivity contribution in [2.75, 3.05) is 6.61 Å². The van der Waals surface area contributed by atoms with E-state index in [1.165, 1.54) is 0 Å². The van der Waals surface area contributed by atoms with Gasteiger partial charge in [0.05, 0.1) is 12.2 Å². The van der Waals surface area contributed by atoms with E-state index in [9.17, 15) is 0 Å². The number of hydrogen-bond donors (Lipinski definition) is 0. The van der Waals surface area contributed by atoms with E-state index in [1.807, 2.05) is 31.2 Å². The van der Waals surface area contributed by atoms with Crippen LogP contribution in [-0.2, 0) is 0 Å². The Kier molecular flexibility index (Phi) is 2.87. The van der Waals surface area contributed by atoms with Crippen LogP contribution in [0, 0.1) is 0 Å². The predicted octanol–water partition coefficient (Wildman–Crippen LogP) is 2.79. The molecule has 0 bridgehead atoms. The Hall–Kier alpha value is -1.55. The summed E-state index contributed by atoms with van der Waals surface area (Å²) in [5.74, 6) is 1.15. The molecule has 0 fully saturated rings. The fourth-order valence-electron chi connectivity index (χ4n) is 1.25. The Balaban J connectivity index is 2.42. The molecule has 15 heavy (non-hydrogen) atoms. The zero-order valence-corrected chi connectivity index (χ0v) is 8.86. The van der Waals surface area contributed by atoms with Gasteiger partial charge in [0.15, 0.2) is 0 Å². The summed E-state index contributed by atoms with van der Waals surface area (Å²) in [6.07, 6.45) is 0. The van der Waals surface area contributed by atoms with E-state index in [-0.39, 0.29) is 5.35 Å². The zero-order valence-electron chi connectivity index (χ0n) is 8.11. The van der Waals surface area contributed by atoms with Crippen LogP contribution in [0.5, 0.6) is 5.75 Å². The first-order chi connectivity index (χ1) is 7.31. The number of rotatable bonds is 3. The minimum absolute atomic E-state index is 0.0244. The van der Waals surface area contributed by atoms with E-state index in [1.54, 1.807) is 0 Å². The van der Waals surface area contributed by atoms with Crippen molar-refractivity contribution in [3.05, 3.63) is 29.6 Å². The van der Waals surface area contributed by atoms with Gasteiger partial charge in [-0.25, -0.2) is 0 Å². The Bertz CT molecular complexity index is 456. The lowest BCUT2D eigenvalue weighted by atomic mass is 10.2. The maximum atomic E-state index is 5.56. The van der Waals surface area contributed by atoms with Gasteiger partial charge < -0.3 is 9.26 Å². The molecular weight excluding hydrogens is 216 g/mol. The second-order valence-corrected chi connectivity index (χ2v) is 3.12. The third kappa shape index (κ3) is 2.10. The Labute approximate surface area is 91.8 Å². The van der Waals surface area contributed by atoms with Gasteiger partial charge in [-0.2, -0.15) is 4.98 Å². The summed E-state index contributed by atoms with van der Waals surface area (Å²) in [7, 11) is 0. The summed E-state index contributed by atoms with van der Waals surface area (Å²) in [6.45, 7) is 2.50. The van der Waals surface area contributed by atoms with Crippen molar-refractivity contribution < 1.29 is 9.26 Å². The summed E-state index contributed by atoms with van der Waals surface area (Å²) in [4.78, 5) is 3.93. The minimum atomic E-state index is 0.0244. The molecule has 1 aromatic carbocycles. The molecule has 78 valence electrons. The van der Waals surface area contributed by atoms with E-state index >= 15 is 0 Å². The lowest BCUT2D eigenvalue weighted by Crippen LogP contribution is -1.94. The summed E-state index contributed by atoms with van der Waals surface area (Å²) in [5.41, 5.74) is 0.773. The number of para-hydroxylation sites is 1. The van der Waals surface area contributed by atoms with E-state index in [0.29, 0.717) is 12.4 Å². The van der Waals surface area contributed by atoms with Gasteiger partial charge in [0.2, 0.25) is 5.82 Å². The summed E-state index contributed by atoms with van der Waals surface area (Å²) >= 11 is 5.56. The molecule has 0 saturated heterocycles. The molecule has 0 saturated carbocycles. The molecule has 0 N–H and O–H groups in total. The van der Waals surface area contributed by atoms with Gasteiger partial charge in [-0.05, 0) is 30.7 Å². The summed E-state index contributed by atoms with van der Waals surface area (Å²) < 4.78 is 10.1. The van der Waals surface area contributed by atoms with Crippen molar-refractivity contribution in [1.82, 2.24) is 10.1 Å². The molecule has 2 aromatic rings. The molecule has 5 heteroatoms. The topological polar surface area (TPSA) is 48.2 Å². The van der Waals surface area contributed by atoms with Crippen molar-refractivity contribution >= 4 is 11.6 Å². The quantitative estimate of drug-likeness (QED) is 0.804. The lowest BCUT2D eigenvalue weighted by molar-refractivity contribution is 0.341. The third-order valence-electron chi connectivity index (χ3n) is 1.83. The third-order valence-corrected chi connectivity index (χ3v) is 1.98. The highest BCUT2D eigenvalue weighted by molar-refractivity contribution is 6.27. The molecule has 0 unspecified atom stereocenters. The van der Waals surface area contributed by atoms with Crippen LogP contribution in [-0.4, -0.2) is 16.7 Å². The lowest BCUT2D eigenvalue weighted by Gasteiger charge is -2.05. The van der Waals surface area contributed by atoms with E-state index in [4.69, 9.17) is 20.9 Å². The van der Waals surface area contributed by atoms with Crippen LogP contribution < -0.4 is 4.74 Å². The van der Waals surface area contributed by atoms with E-state index in [2.05, 4.69) is 10.1 Å². The number of aromatic nitrogens is 2. The highest BCUT2D eigenvalue weighted by Crippen LogP contribution is 2.27. The fourth-order valence-corrected chi connectivity index (χ4v) is 1.36. The van der Waals surface area contributed by atoms with Crippen LogP contribution in [0.15, 0.2) is 28.8 Å². The van der Waals surface area contributed by atoms with Gasteiger partial charge >= 0.3 is 5.35 Å². The summed E-state index contributed by atoms with van der Waals surface area (Å²) in [6, 6.07) is 7.47. The maximum absolute atomic E-state index is 5.56. The fraction of sp³-hybridized carbons (Fsp3) is 0.200. The van der Waals surface area contributed by atoms with Crippen LogP contribution in [0.1, 0.15) is 6.92 Å². The first kappa shape index (κ1) is 9.98. The van der Waals surface area contributed by atoms with Gasteiger partial charge in [-0.1, -0.05) is 17.3 Å². The van der Waals surface area contributed by atoms with Crippen LogP contribution >= 0.6 is 11.6 Å². The van der Waals surface area contributed by atoms with Crippen LogP contribution in [0.3, 0.4) is 0 Å². The van der Waals surface area contributed by atoms with Gasteiger partial charge in [-0.3, -0.25) is 0 Å². The Morgan fingerprint density at radius 3 is 2.87 bits per heavy atom. The molecule has 0 radical (unpaired) electrons. The SMILES string of the molecule is CCOc1ccccc1-c1noc(Cl)n1. The monoisotopic (exact) mass is 224 g/mol. The minimum Gasteiger partial charge on any atom is -0.493 e. The first-order valence-corrected chi connectivity index (χ1v) is 4.90. The molecule has 0 spiro atoms. The smallest absolute Gasteiger partial charge is 0.320 e. The number of benzene rings is 1. The molecule has 0 atom stereocenters. The van der Waals surface area contributed by atoms with Crippen LogP contribution in [0.2, 0.25) is 5.35 Å². The number of ether oxygens (including phenoxy) is 1. The molecule has 2 rings (SSSR count). The molecular formula is C10H9ClN2O2. The van der Waals surface area contributed by atoms with Crippen molar-refractivity contribution in [2.45, 2.75) is 6.92 Å². The van der Waals surface area contributed by atoms with Crippen molar-refractivity contribution in [2.24, 2.45) is 0 Å². The maximum Gasteiger partial charge on any atom is 0.320 e. The first-order valence-electron chi connectivity index (χ1n) is 4.52. The molecule has 4 nitrogen and oxygen atoms in total. The predicted molar refractivity (Wildman–Crippen MR) is 55.9 cm³/mol. The highest BCUT2D eigenvalue weighted by atomic mass is 35.5. The Morgan fingerprint density at radius 1 is 1.40 bits per heavy atom. The molecule has 1 heterocycles. The molecule has 0 amide bonds. The largest absolute Gasteiger partial charge is 0.493 e. The second-order valence-electron chi connectivity index (χ2n) is 2.80. The number of halogens is 1. The van der Waals surface area contributed by atoms with Crippen LogP contribution in [0.25, 0.3) is 11.4 Å². The summed E-state index contributed by atoms with van der Waals surface area (Å²) in [5, 5.41) is 3.76. The molecule has 0 aliphatic rings. The van der Waals surface area contributed by atoms with E-state index in [0.717, 1.165) is 11.3 Å². The number of hydrogen-bond acceptors (Lipinski definition) is 4. The van der Waals surface area contributed by atoms with Crippen molar-refractivity contribution in [3.8, 4) is 17.1 Å². The molecule has 0 aliphatic heterocycles. The van der Waals surface area contributed by atoms with Crippen LogP contribution in [0.4, 0.5) is 0 Å². The normalized spacial score (nSPS) is 10.3. The molecule has 0 aliphatic carbocycles. The Morgan fingerprint density at radius 2 is 2.20 bits per heavy atom. The molecule has 1 aromatic heterocycles. The average molecular weight is 225 g/mol. The van der Waals surface area contributed by atoms with Gasteiger partial charge in [0, 0.05) is 0 Å². The van der Waals surface area contributed by atoms with Crippen molar-refractivity contribution in [3.63, 3.8) is 0 Å². The highest BCUT2D eigenvalue weighted by Gasteiger charge is 2.11. The van der Waals surface area contributed by atoms with E-state index < -0.39 is 0 Å². The zero-order chi connectivity index (χ0) is 10.7. The van der Waals surface area contributed by atoms with Gasteiger partial charge in [0.1, 0.15) is 5.75 Å². The number of nitrogens with zero attached hydrogens (tertiary/aromatic N) is 2. The second kappa shape index (κ2) is 4.31. The van der Waals surface area contributed by atoms with Gasteiger partial charge in [0.25, 0.3) is 0 Å².